The van der Waals surface area contributed by atoms with Gasteiger partial charge in [-0.05, 0) is 50.8 Å². The Bertz CT molecular complexity index is 619. The number of carbonyl (C=O) groups is 3. The summed E-state index contributed by atoms with van der Waals surface area (Å²) < 4.78 is 14.2. The van der Waals surface area contributed by atoms with Gasteiger partial charge < -0.3 is 19.3 Å². The Morgan fingerprint density at radius 1 is 1.15 bits per heavy atom. The normalized spacial score (nSPS) is 11.5. The molecule has 0 saturated carbocycles. The fraction of sp³-hybridized carbons (Fsp3) is 0.421. The number of hydrogen-bond acceptors (Lipinski definition) is 6. The van der Waals surface area contributed by atoms with Gasteiger partial charge in [0.1, 0.15) is 0 Å². The molecule has 0 aliphatic rings. The fourth-order valence-electron chi connectivity index (χ4n) is 2.13. The van der Waals surface area contributed by atoms with Crippen LogP contribution in [0, 0.1) is 5.92 Å². The summed E-state index contributed by atoms with van der Waals surface area (Å²) >= 11 is 0. The maximum absolute atomic E-state index is 11.9. The van der Waals surface area contributed by atoms with E-state index in [9.17, 15) is 19.5 Å². The summed E-state index contributed by atoms with van der Waals surface area (Å²) in [5.41, 5.74) is 1.07. The second-order valence-electron chi connectivity index (χ2n) is 5.91. The van der Waals surface area contributed by atoms with Crippen molar-refractivity contribution < 1.29 is 33.7 Å². The Balaban J connectivity index is 2.52. The average molecular weight is 364 g/mol. The predicted octanol–water partition coefficient (Wildman–Crippen LogP) is 3.57. The van der Waals surface area contributed by atoms with E-state index in [1.807, 2.05) is 0 Å². The van der Waals surface area contributed by atoms with E-state index in [1.54, 1.807) is 32.1 Å². The number of hydrogen-bond donors (Lipinski definition) is 1. The number of aliphatic carboxylic acids is 1. The molecule has 142 valence electrons. The molecule has 0 aromatic heterocycles. The molecule has 0 aliphatic heterocycles. The molecule has 0 spiro atoms. The van der Waals surface area contributed by atoms with E-state index in [4.69, 9.17) is 9.47 Å². The van der Waals surface area contributed by atoms with Crippen molar-refractivity contribution in [2.75, 3.05) is 6.79 Å². The van der Waals surface area contributed by atoms with Gasteiger partial charge in [-0.3, -0.25) is 4.79 Å². The molecule has 7 nitrogen and oxygen atoms in total. The predicted molar refractivity (Wildman–Crippen MR) is 93.7 cm³/mol. The second kappa shape index (κ2) is 10.9. The fourth-order valence-corrected chi connectivity index (χ4v) is 2.13. The summed E-state index contributed by atoms with van der Waals surface area (Å²) in [6.07, 6.45) is 1.94. The molecule has 1 aromatic rings. The van der Waals surface area contributed by atoms with E-state index in [2.05, 4.69) is 11.3 Å². The average Bonchev–Trinajstić information content (AvgIpc) is 2.58. The summed E-state index contributed by atoms with van der Waals surface area (Å²) in [6, 6.07) is 6.43. The number of rotatable bonds is 10. The standard InChI is InChI=1S/C19H24O7/c1-4-5-6-16(17(20)21)11-14-7-9-15(10-8-14)18(22)24-12-25-19(23)26-13(2)3/h4,7-10,13,16H,1,5-6,11-12H2,2-3H3,(H,20,21). The van der Waals surface area contributed by atoms with Crippen molar-refractivity contribution in [1.82, 2.24) is 0 Å². The number of carbonyl (C=O) groups excluding carboxylic acids is 2. The molecular weight excluding hydrogens is 340 g/mol. The first-order chi connectivity index (χ1) is 12.3. The van der Waals surface area contributed by atoms with Crippen LogP contribution >= 0.6 is 0 Å². The van der Waals surface area contributed by atoms with Crippen molar-refractivity contribution in [2.24, 2.45) is 5.92 Å². The van der Waals surface area contributed by atoms with Crippen LogP contribution in [0.4, 0.5) is 4.79 Å². The lowest BCUT2D eigenvalue weighted by Gasteiger charge is -2.12. The largest absolute Gasteiger partial charge is 0.511 e. The first-order valence-electron chi connectivity index (χ1n) is 8.26. The number of esters is 1. The lowest BCUT2D eigenvalue weighted by atomic mass is 9.94. The van der Waals surface area contributed by atoms with Gasteiger partial charge in [0.05, 0.1) is 17.6 Å². The Hall–Kier alpha value is -2.83. The van der Waals surface area contributed by atoms with Gasteiger partial charge in [0.2, 0.25) is 6.79 Å². The third-order valence-electron chi connectivity index (χ3n) is 3.44. The lowest BCUT2D eigenvalue weighted by Crippen LogP contribution is -2.17. The molecule has 1 unspecified atom stereocenters. The molecule has 26 heavy (non-hydrogen) atoms. The van der Waals surface area contributed by atoms with Gasteiger partial charge in [0, 0.05) is 0 Å². The maximum Gasteiger partial charge on any atom is 0.511 e. The second-order valence-corrected chi connectivity index (χ2v) is 5.91. The molecule has 7 heteroatoms. The van der Waals surface area contributed by atoms with E-state index in [1.165, 1.54) is 12.1 Å². The van der Waals surface area contributed by atoms with Crippen molar-refractivity contribution in [3.05, 3.63) is 48.0 Å². The minimum Gasteiger partial charge on any atom is -0.481 e. The Morgan fingerprint density at radius 2 is 1.81 bits per heavy atom. The highest BCUT2D eigenvalue weighted by Gasteiger charge is 2.17. The van der Waals surface area contributed by atoms with E-state index in [0.717, 1.165) is 5.56 Å². The highest BCUT2D eigenvalue weighted by Crippen LogP contribution is 2.16. The highest BCUT2D eigenvalue weighted by molar-refractivity contribution is 5.89. The van der Waals surface area contributed by atoms with Crippen molar-refractivity contribution >= 4 is 18.1 Å². The van der Waals surface area contributed by atoms with Crippen LogP contribution in [0.5, 0.6) is 0 Å². The number of carboxylic acid groups (broad SMARTS) is 1. The van der Waals surface area contributed by atoms with E-state index >= 15 is 0 Å². The monoisotopic (exact) mass is 364 g/mol. The molecule has 0 heterocycles. The van der Waals surface area contributed by atoms with Gasteiger partial charge in [0.15, 0.2) is 0 Å². The van der Waals surface area contributed by atoms with Gasteiger partial charge in [-0.2, -0.15) is 0 Å². The molecule has 1 aromatic carbocycles. The molecule has 1 rings (SSSR count). The van der Waals surface area contributed by atoms with E-state index in [0.29, 0.717) is 19.3 Å². The zero-order valence-corrected chi connectivity index (χ0v) is 15.0. The topological polar surface area (TPSA) is 99.1 Å². The third-order valence-corrected chi connectivity index (χ3v) is 3.44. The molecule has 1 N–H and O–H groups in total. The minimum absolute atomic E-state index is 0.271. The van der Waals surface area contributed by atoms with Gasteiger partial charge in [-0.1, -0.05) is 18.2 Å². The van der Waals surface area contributed by atoms with Crippen LogP contribution in [0.1, 0.15) is 42.6 Å². The van der Waals surface area contributed by atoms with Crippen molar-refractivity contribution in [3.63, 3.8) is 0 Å². The molecule has 0 amide bonds. The molecular formula is C19H24O7. The van der Waals surface area contributed by atoms with Crippen molar-refractivity contribution in [2.45, 2.75) is 39.2 Å². The summed E-state index contributed by atoms with van der Waals surface area (Å²) in [5.74, 6) is -2.03. The summed E-state index contributed by atoms with van der Waals surface area (Å²) in [5, 5.41) is 9.24. The Morgan fingerprint density at radius 3 is 2.35 bits per heavy atom. The molecule has 0 saturated heterocycles. The van der Waals surface area contributed by atoms with E-state index in [-0.39, 0.29) is 11.7 Å². The minimum atomic E-state index is -0.914. The van der Waals surface area contributed by atoms with Crippen LogP contribution in [0.15, 0.2) is 36.9 Å². The summed E-state index contributed by atoms with van der Waals surface area (Å²) in [6.45, 7) is 6.38. The van der Waals surface area contributed by atoms with E-state index < -0.39 is 30.8 Å². The number of ether oxygens (including phenoxy) is 3. The zero-order chi connectivity index (χ0) is 19.5. The van der Waals surface area contributed by atoms with Gasteiger partial charge >= 0.3 is 18.1 Å². The quantitative estimate of drug-likeness (QED) is 0.385. The van der Waals surface area contributed by atoms with Gasteiger partial charge in [0.25, 0.3) is 0 Å². The van der Waals surface area contributed by atoms with Gasteiger partial charge in [-0.25, -0.2) is 9.59 Å². The van der Waals surface area contributed by atoms with Crippen molar-refractivity contribution in [3.8, 4) is 0 Å². The third kappa shape index (κ3) is 7.83. The summed E-state index contributed by atoms with van der Waals surface area (Å²) in [7, 11) is 0. The maximum atomic E-state index is 11.9. The number of carboxylic acids is 1. The number of benzene rings is 1. The number of allylic oxidation sites excluding steroid dienone is 1. The Kier molecular flexibility index (Phi) is 8.91. The first kappa shape index (κ1) is 21.2. The smallest absolute Gasteiger partial charge is 0.481 e. The van der Waals surface area contributed by atoms with Gasteiger partial charge in [-0.15, -0.1) is 6.58 Å². The Labute approximate surface area is 152 Å². The van der Waals surface area contributed by atoms with Crippen LogP contribution in [0.2, 0.25) is 0 Å². The van der Waals surface area contributed by atoms with Crippen LogP contribution < -0.4 is 0 Å². The van der Waals surface area contributed by atoms with Crippen LogP contribution in [-0.4, -0.2) is 36.1 Å². The van der Waals surface area contributed by atoms with Crippen LogP contribution in [-0.2, 0) is 25.4 Å². The van der Waals surface area contributed by atoms with Crippen LogP contribution in [0.25, 0.3) is 0 Å². The summed E-state index contributed by atoms with van der Waals surface area (Å²) in [4.78, 5) is 34.3. The zero-order valence-electron chi connectivity index (χ0n) is 15.0. The first-order valence-corrected chi connectivity index (χ1v) is 8.26. The molecule has 0 fully saturated rings. The lowest BCUT2D eigenvalue weighted by molar-refractivity contribution is -0.141. The van der Waals surface area contributed by atoms with Crippen molar-refractivity contribution in [1.29, 1.82) is 0 Å². The molecule has 1 atom stereocenters. The molecule has 0 radical (unpaired) electrons. The molecule has 0 bridgehead atoms. The highest BCUT2D eigenvalue weighted by atomic mass is 16.8. The SMILES string of the molecule is C=CCCC(Cc1ccc(C(=O)OCOC(=O)OC(C)C)cc1)C(=O)O. The van der Waals surface area contributed by atoms with Crippen LogP contribution in [0.3, 0.4) is 0 Å². The molecule has 0 aliphatic carbocycles.